The Labute approximate surface area is 116 Å². The van der Waals surface area contributed by atoms with Crippen LogP contribution >= 0.6 is 11.6 Å². The first kappa shape index (κ1) is 13.8. The molecule has 0 bridgehead atoms. The van der Waals surface area contributed by atoms with Gasteiger partial charge < -0.3 is 10.6 Å². The van der Waals surface area contributed by atoms with Crippen molar-refractivity contribution in [1.82, 2.24) is 4.98 Å². The van der Waals surface area contributed by atoms with Crippen molar-refractivity contribution in [3.63, 3.8) is 0 Å². The van der Waals surface area contributed by atoms with Gasteiger partial charge in [0.2, 0.25) is 0 Å². The second kappa shape index (κ2) is 6.50. The van der Waals surface area contributed by atoms with E-state index in [1.54, 1.807) is 36.7 Å². The number of halogens is 2. The van der Waals surface area contributed by atoms with E-state index in [9.17, 15) is 4.39 Å². The monoisotopic (exact) mass is 279 g/mol. The maximum atomic E-state index is 14.0. The molecule has 0 fully saturated rings. The highest BCUT2D eigenvalue weighted by molar-refractivity contribution is 6.33. The van der Waals surface area contributed by atoms with Gasteiger partial charge >= 0.3 is 0 Å². The molecule has 3 nitrogen and oxygen atoms in total. The average molecular weight is 280 g/mol. The number of rotatable bonds is 5. The molecule has 0 amide bonds. The minimum Gasteiger partial charge on any atom is -0.338 e. The highest BCUT2D eigenvalue weighted by Crippen LogP contribution is 2.32. The molecular formula is C14H15ClFN3. The van der Waals surface area contributed by atoms with E-state index in [2.05, 4.69) is 4.98 Å². The Hall–Kier alpha value is -1.65. The number of nitrogens with two attached hydrogens (primary N) is 1. The van der Waals surface area contributed by atoms with E-state index in [0.29, 0.717) is 23.8 Å². The van der Waals surface area contributed by atoms with Gasteiger partial charge in [-0.15, -0.1) is 0 Å². The molecule has 1 heterocycles. The molecule has 0 aliphatic rings. The summed E-state index contributed by atoms with van der Waals surface area (Å²) in [6, 6.07) is 8.38. The molecule has 2 rings (SSSR count). The zero-order valence-electron chi connectivity index (χ0n) is 10.4. The standard InChI is InChI=1S/C14H15ClFN3/c15-11-10-18-8-6-13(11)19(9-3-7-17)14-5-2-1-4-12(14)16/h1-2,4-6,8,10H,3,7,9,17H2. The third-order valence-corrected chi connectivity index (χ3v) is 3.06. The molecule has 1 aromatic carbocycles. The molecule has 0 spiro atoms. The number of pyridine rings is 1. The van der Waals surface area contributed by atoms with E-state index in [0.717, 1.165) is 12.1 Å². The summed E-state index contributed by atoms with van der Waals surface area (Å²) in [6.45, 7) is 1.13. The number of hydrogen-bond acceptors (Lipinski definition) is 3. The van der Waals surface area contributed by atoms with Gasteiger partial charge in [0, 0.05) is 18.9 Å². The summed E-state index contributed by atoms with van der Waals surface area (Å²) < 4.78 is 14.0. The van der Waals surface area contributed by atoms with Crippen LogP contribution in [0, 0.1) is 5.82 Å². The van der Waals surface area contributed by atoms with Crippen LogP contribution in [0.15, 0.2) is 42.7 Å². The van der Waals surface area contributed by atoms with Crippen molar-refractivity contribution < 1.29 is 4.39 Å². The number of aromatic nitrogens is 1. The van der Waals surface area contributed by atoms with Crippen molar-refractivity contribution >= 4 is 23.0 Å². The quantitative estimate of drug-likeness (QED) is 0.912. The molecule has 0 aliphatic carbocycles. The van der Waals surface area contributed by atoms with Crippen LogP contribution in [0.3, 0.4) is 0 Å². The minimum absolute atomic E-state index is 0.285. The van der Waals surface area contributed by atoms with Gasteiger partial charge in [-0.2, -0.15) is 0 Å². The van der Waals surface area contributed by atoms with Gasteiger partial charge in [0.25, 0.3) is 0 Å². The van der Waals surface area contributed by atoms with Crippen molar-refractivity contribution in [3.8, 4) is 0 Å². The molecule has 2 N–H and O–H groups in total. The minimum atomic E-state index is -0.285. The first-order valence-corrected chi connectivity index (χ1v) is 6.43. The van der Waals surface area contributed by atoms with Crippen molar-refractivity contribution in [2.75, 3.05) is 18.0 Å². The third-order valence-electron chi connectivity index (χ3n) is 2.77. The Balaban J connectivity index is 2.42. The topological polar surface area (TPSA) is 42.1 Å². The van der Waals surface area contributed by atoms with Crippen LogP contribution in [-0.2, 0) is 0 Å². The Bertz CT molecular complexity index is 502. The van der Waals surface area contributed by atoms with Crippen LogP contribution in [0.5, 0.6) is 0 Å². The molecule has 5 heteroatoms. The Morgan fingerprint density at radius 2 is 2.00 bits per heavy atom. The molecule has 0 saturated heterocycles. The Kier molecular flexibility index (Phi) is 4.71. The maximum absolute atomic E-state index is 14.0. The molecule has 0 radical (unpaired) electrons. The van der Waals surface area contributed by atoms with Crippen LogP contribution in [0.2, 0.25) is 5.02 Å². The highest BCUT2D eigenvalue weighted by Gasteiger charge is 2.15. The molecule has 0 unspecified atom stereocenters. The van der Waals surface area contributed by atoms with Gasteiger partial charge in [0.15, 0.2) is 0 Å². The van der Waals surface area contributed by atoms with E-state index in [1.165, 1.54) is 6.07 Å². The van der Waals surface area contributed by atoms with E-state index in [4.69, 9.17) is 17.3 Å². The lowest BCUT2D eigenvalue weighted by Gasteiger charge is -2.26. The smallest absolute Gasteiger partial charge is 0.146 e. The van der Waals surface area contributed by atoms with E-state index in [-0.39, 0.29) is 5.82 Å². The fourth-order valence-electron chi connectivity index (χ4n) is 1.88. The fourth-order valence-corrected chi connectivity index (χ4v) is 2.10. The normalized spacial score (nSPS) is 10.5. The number of benzene rings is 1. The molecule has 1 aromatic heterocycles. The van der Waals surface area contributed by atoms with Crippen LogP contribution in [-0.4, -0.2) is 18.1 Å². The Morgan fingerprint density at radius 1 is 1.21 bits per heavy atom. The molecule has 100 valence electrons. The SMILES string of the molecule is NCCCN(c1ccccc1F)c1ccncc1Cl. The lowest BCUT2D eigenvalue weighted by Crippen LogP contribution is -2.22. The summed E-state index contributed by atoms with van der Waals surface area (Å²) in [4.78, 5) is 5.77. The van der Waals surface area contributed by atoms with E-state index < -0.39 is 0 Å². The first-order chi connectivity index (χ1) is 9.24. The summed E-state index contributed by atoms with van der Waals surface area (Å²) in [5, 5.41) is 0.489. The number of para-hydroxylation sites is 1. The predicted molar refractivity (Wildman–Crippen MR) is 76.3 cm³/mol. The summed E-state index contributed by atoms with van der Waals surface area (Å²) in [5.74, 6) is -0.285. The zero-order valence-corrected chi connectivity index (χ0v) is 11.1. The molecule has 0 saturated carbocycles. The van der Waals surface area contributed by atoms with Crippen LogP contribution in [0.25, 0.3) is 0 Å². The average Bonchev–Trinajstić information content (AvgIpc) is 2.42. The van der Waals surface area contributed by atoms with E-state index >= 15 is 0 Å². The molecule has 19 heavy (non-hydrogen) atoms. The maximum Gasteiger partial charge on any atom is 0.146 e. The summed E-state index contributed by atoms with van der Waals surface area (Å²) >= 11 is 6.14. The van der Waals surface area contributed by atoms with Crippen molar-refractivity contribution in [1.29, 1.82) is 0 Å². The van der Waals surface area contributed by atoms with Crippen LogP contribution in [0.1, 0.15) is 6.42 Å². The molecule has 0 aliphatic heterocycles. The van der Waals surface area contributed by atoms with Gasteiger partial charge in [0.05, 0.1) is 16.4 Å². The fraction of sp³-hybridized carbons (Fsp3) is 0.214. The predicted octanol–water partition coefficient (Wildman–Crippen LogP) is 3.36. The molecular weight excluding hydrogens is 265 g/mol. The highest BCUT2D eigenvalue weighted by atomic mass is 35.5. The molecule has 2 aromatic rings. The second-order valence-electron chi connectivity index (χ2n) is 4.07. The summed E-state index contributed by atoms with van der Waals surface area (Å²) in [7, 11) is 0. The first-order valence-electron chi connectivity index (χ1n) is 6.05. The van der Waals surface area contributed by atoms with Crippen molar-refractivity contribution in [2.24, 2.45) is 5.73 Å². The summed E-state index contributed by atoms with van der Waals surface area (Å²) in [5.41, 5.74) is 6.76. The van der Waals surface area contributed by atoms with Gasteiger partial charge in [0.1, 0.15) is 5.82 Å². The van der Waals surface area contributed by atoms with Gasteiger partial charge in [-0.3, -0.25) is 4.98 Å². The molecule has 0 atom stereocenters. The van der Waals surface area contributed by atoms with Crippen LogP contribution in [0.4, 0.5) is 15.8 Å². The van der Waals surface area contributed by atoms with Gasteiger partial charge in [-0.1, -0.05) is 23.7 Å². The zero-order chi connectivity index (χ0) is 13.7. The van der Waals surface area contributed by atoms with Gasteiger partial charge in [-0.05, 0) is 31.2 Å². The van der Waals surface area contributed by atoms with Gasteiger partial charge in [-0.25, -0.2) is 4.39 Å². The number of anilines is 2. The van der Waals surface area contributed by atoms with Crippen LogP contribution < -0.4 is 10.6 Å². The Morgan fingerprint density at radius 3 is 2.68 bits per heavy atom. The summed E-state index contributed by atoms with van der Waals surface area (Å²) in [6.07, 6.45) is 3.93. The second-order valence-corrected chi connectivity index (χ2v) is 4.48. The third kappa shape index (κ3) is 3.22. The largest absolute Gasteiger partial charge is 0.338 e. The van der Waals surface area contributed by atoms with Crippen molar-refractivity contribution in [2.45, 2.75) is 6.42 Å². The lowest BCUT2D eigenvalue weighted by atomic mass is 10.2. The lowest BCUT2D eigenvalue weighted by molar-refractivity contribution is 0.623. The number of nitrogens with zero attached hydrogens (tertiary/aromatic N) is 2. The van der Waals surface area contributed by atoms with Crippen molar-refractivity contribution in [3.05, 3.63) is 53.6 Å². The van der Waals surface area contributed by atoms with E-state index in [1.807, 2.05) is 4.90 Å². The number of hydrogen-bond donors (Lipinski definition) is 1.